The maximum Gasteiger partial charge on any atom is 0.284 e. The molecule has 5 rings (SSSR count). The fraction of sp³-hybridized carbons (Fsp3) is 0.259. The molecule has 0 aliphatic carbocycles. The molecule has 2 aliphatic heterocycles. The van der Waals surface area contributed by atoms with Gasteiger partial charge in [0, 0.05) is 41.3 Å². The first-order valence-corrected chi connectivity index (χ1v) is 12.1. The predicted molar refractivity (Wildman–Crippen MR) is 132 cm³/mol. The van der Waals surface area contributed by atoms with E-state index < -0.39 is 65.7 Å². The summed E-state index contributed by atoms with van der Waals surface area (Å²) in [5, 5.41) is 20.4. The van der Waals surface area contributed by atoms with Crippen molar-refractivity contribution in [1.29, 1.82) is 0 Å². The SMILES string of the molecule is O=C1c2ccc(F)cc2CCN1c1ccc(C(=O)N2CCC(F)(F)[C@](O)(CO)c3cc(Cl)ccc32)c(F)c1. The number of aliphatic hydroxyl groups is 2. The molecular weight excluding hydrogens is 528 g/mol. The monoisotopic (exact) mass is 548 g/mol. The van der Waals surface area contributed by atoms with E-state index in [0.29, 0.717) is 12.0 Å². The number of fused-ring (bicyclic) bond motifs is 2. The molecule has 0 saturated heterocycles. The summed E-state index contributed by atoms with van der Waals surface area (Å²) < 4.78 is 58.7. The number of halogens is 5. The van der Waals surface area contributed by atoms with Crippen LogP contribution in [0.1, 0.15) is 38.3 Å². The summed E-state index contributed by atoms with van der Waals surface area (Å²) in [4.78, 5) is 28.6. The molecule has 2 amide bonds. The van der Waals surface area contributed by atoms with Crippen molar-refractivity contribution in [2.24, 2.45) is 0 Å². The Bertz CT molecular complexity index is 1470. The van der Waals surface area contributed by atoms with Gasteiger partial charge < -0.3 is 20.0 Å². The number of hydrogen-bond donors (Lipinski definition) is 2. The Kier molecular flexibility index (Phi) is 6.45. The summed E-state index contributed by atoms with van der Waals surface area (Å²) in [6, 6.07) is 10.9. The van der Waals surface area contributed by atoms with E-state index in [1.807, 2.05) is 0 Å². The highest BCUT2D eigenvalue weighted by Crippen LogP contribution is 2.47. The van der Waals surface area contributed by atoms with Crippen LogP contribution in [0.5, 0.6) is 0 Å². The molecule has 198 valence electrons. The van der Waals surface area contributed by atoms with Gasteiger partial charge in [0.1, 0.15) is 11.6 Å². The number of carbonyl (C=O) groups is 2. The maximum absolute atomic E-state index is 15.3. The van der Waals surface area contributed by atoms with Gasteiger partial charge in [-0.1, -0.05) is 11.6 Å². The third-order valence-corrected chi connectivity index (χ3v) is 7.30. The summed E-state index contributed by atoms with van der Waals surface area (Å²) in [7, 11) is 0. The highest BCUT2D eigenvalue weighted by molar-refractivity contribution is 6.30. The van der Waals surface area contributed by atoms with Crippen molar-refractivity contribution in [1.82, 2.24) is 0 Å². The molecule has 3 aromatic rings. The molecule has 0 spiro atoms. The number of nitrogens with zero attached hydrogens (tertiary/aromatic N) is 2. The zero-order valence-corrected chi connectivity index (χ0v) is 20.5. The van der Waals surface area contributed by atoms with Crippen LogP contribution in [-0.2, 0) is 12.0 Å². The Hall–Kier alpha value is -3.47. The van der Waals surface area contributed by atoms with Crippen LogP contribution in [0.15, 0.2) is 54.6 Å². The van der Waals surface area contributed by atoms with E-state index in [4.69, 9.17) is 11.6 Å². The van der Waals surface area contributed by atoms with Gasteiger partial charge in [0.2, 0.25) is 0 Å². The quantitative estimate of drug-likeness (QED) is 0.466. The molecule has 0 aromatic heterocycles. The Morgan fingerprint density at radius 3 is 2.50 bits per heavy atom. The summed E-state index contributed by atoms with van der Waals surface area (Å²) in [5.74, 6) is -6.69. The lowest BCUT2D eigenvalue weighted by Gasteiger charge is -2.33. The second-order valence-corrected chi connectivity index (χ2v) is 9.70. The molecule has 38 heavy (non-hydrogen) atoms. The van der Waals surface area contributed by atoms with E-state index in [1.165, 1.54) is 35.2 Å². The van der Waals surface area contributed by atoms with E-state index in [2.05, 4.69) is 0 Å². The lowest BCUT2D eigenvalue weighted by atomic mass is 9.86. The molecule has 0 radical (unpaired) electrons. The Morgan fingerprint density at radius 2 is 1.79 bits per heavy atom. The Labute approximate surface area is 219 Å². The van der Waals surface area contributed by atoms with Crippen molar-refractivity contribution in [2.45, 2.75) is 24.4 Å². The van der Waals surface area contributed by atoms with Gasteiger partial charge in [0.05, 0.1) is 17.9 Å². The van der Waals surface area contributed by atoms with E-state index >= 15 is 4.39 Å². The number of aliphatic hydroxyl groups excluding tert-OH is 1. The molecule has 3 aromatic carbocycles. The largest absolute Gasteiger partial charge is 0.393 e. The number of amides is 2. The normalized spacial score (nSPS) is 20.6. The number of benzene rings is 3. The molecule has 0 saturated carbocycles. The zero-order chi connectivity index (χ0) is 27.4. The molecule has 1 atom stereocenters. The van der Waals surface area contributed by atoms with Gasteiger partial charge in [-0.3, -0.25) is 9.59 Å². The average molecular weight is 549 g/mol. The van der Waals surface area contributed by atoms with Crippen LogP contribution in [0.3, 0.4) is 0 Å². The molecule has 0 bridgehead atoms. The van der Waals surface area contributed by atoms with E-state index in [9.17, 15) is 33.0 Å². The predicted octanol–water partition coefficient (Wildman–Crippen LogP) is 4.69. The van der Waals surface area contributed by atoms with Crippen molar-refractivity contribution < 1.29 is 37.4 Å². The highest BCUT2D eigenvalue weighted by Gasteiger charge is 2.56. The molecule has 2 aliphatic rings. The Balaban J connectivity index is 1.49. The molecule has 6 nitrogen and oxygen atoms in total. The fourth-order valence-electron chi connectivity index (χ4n) is 4.96. The van der Waals surface area contributed by atoms with Gasteiger partial charge >= 0.3 is 0 Å². The van der Waals surface area contributed by atoms with Crippen LogP contribution in [0.25, 0.3) is 0 Å². The van der Waals surface area contributed by atoms with Crippen molar-refractivity contribution >= 4 is 34.8 Å². The van der Waals surface area contributed by atoms with Crippen LogP contribution in [0, 0.1) is 11.6 Å². The molecule has 2 heterocycles. The third kappa shape index (κ3) is 4.13. The lowest BCUT2D eigenvalue weighted by molar-refractivity contribution is -0.205. The van der Waals surface area contributed by atoms with Gasteiger partial charge in [-0.25, -0.2) is 17.6 Å². The van der Waals surface area contributed by atoms with Gasteiger partial charge in [-0.2, -0.15) is 0 Å². The average Bonchev–Trinajstić information content (AvgIpc) is 2.96. The van der Waals surface area contributed by atoms with Crippen LogP contribution in [0.2, 0.25) is 5.02 Å². The first-order valence-electron chi connectivity index (χ1n) is 11.7. The molecule has 2 N–H and O–H groups in total. The van der Waals surface area contributed by atoms with Crippen LogP contribution in [0.4, 0.5) is 28.9 Å². The molecular formula is C27H21ClF4N2O4. The number of rotatable bonds is 3. The van der Waals surface area contributed by atoms with Crippen LogP contribution in [-0.4, -0.2) is 47.6 Å². The number of anilines is 2. The molecule has 0 fully saturated rings. The van der Waals surface area contributed by atoms with Crippen LogP contribution >= 0.6 is 11.6 Å². The number of carbonyl (C=O) groups excluding carboxylic acids is 2. The number of hydrogen-bond acceptors (Lipinski definition) is 4. The fourth-order valence-corrected chi connectivity index (χ4v) is 5.13. The van der Waals surface area contributed by atoms with Crippen molar-refractivity contribution in [3.8, 4) is 0 Å². The minimum Gasteiger partial charge on any atom is -0.393 e. The van der Waals surface area contributed by atoms with E-state index in [1.54, 1.807) is 0 Å². The summed E-state index contributed by atoms with van der Waals surface area (Å²) in [6.07, 6.45) is -0.666. The second-order valence-electron chi connectivity index (χ2n) is 9.26. The van der Waals surface area contributed by atoms with Gasteiger partial charge in [0.25, 0.3) is 17.7 Å². The first kappa shape index (κ1) is 26.1. The van der Waals surface area contributed by atoms with E-state index in [0.717, 1.165) is 29.2 Å². The summed E-state index contributed by atoms with van der Waals surface area (Å²) in [5.41, 5.74) is -3.07. The summed E-state index contributed by atoms with van der Waals surface area (Å²) >= 11 is 5.97. The van der Waals surface area contributed by atoms with Gasteiger partial charge in [-0.15, -0.1) is 0 Å². The Morgan fingerprint density at radius 1 is 1.03 bits per heavy atom. The van der Waals surface area contributed by atoms with Crippen LogP contribution < -0.4 is 9.80 Å². The first-order chi connectivity index (χ1) is 18.0. The standard InChI is InChI=1S/C27H21ClF4N2O4/c28-16-1-6-23-21(12-16)26(38,14-35)27(31,32)8-10-34(23)25(37)20-5-3-18(13-22(20)30)33-9-7-15-11-17(29)2-4-19(15)24(33)36/h1-6,11-13,35,38H,7-10,14H2/t26-/m0/s1. The zero-order valence-electron chi connectivity index (χ0n) is 19.7. The van der Waals surface area contributed by atoms with Crippen molar-refractivity contribution in [3.63, 3.8) is 0 Å². The topological polar surface area (TPSA) is 81.1 Å². The van der Waals surface area contributed by atoms with E-state index in [-0.39, 0.29) is 28.5 Å². The highest BCUT2D eigenvalue weighted by atomic mass is 35.5. The maximum atomic E-state index is 15.3. The second kappa shape index (κ2) is 9.37. The minimum atomic E-state index is -3.83. The number of alkyl halides is 2. The third-order valence-electron chi connectivity index (χ3n) is 7.07. The van der Waals surface area contributed by atoms with Gasteiger partial charge in [-0.05, 0) is 66.6 Å². The molecule has 11 heteroatoms. The molecule has 0 unspecified atom stereocenters. The summed E-state index contributed by atoms with van der Waals surface area (Å²) in [6.45, 7) is -1.75. The van der Waals surface area contributed by atoms with Crippen molar-refractivity contribution in [2.75, 3.05) is 29.5 Å². The van der Waals surface area contributed by atoms with Crippen molar-refractivity contribution in [3.05, 3.63) is 93.5 Å². The smallest absolute Gasteiger partial charge is 0.284 e. The van der Waals surface area contributed by atoms with Gasteiger partial charge in [0.15, 0.2) is 5.60 Å². The minimum absolute atomic E-state index is 0.00762. The lowest BCUT2D eigenvalue weighted by Crippen LogP contribution is -2.48.